The minimum atomic E-state index is -0.345. The average molecular weight is 345 g/mol. The Morgan fingerprint density at radius 2 is 1.95 bits per heavy atom. The van der Waals surface area contributed by atoms with Crippen LogP contribution in [0.5, 0.6) is 0 Å². The minimum Gasteiger partial charge on any atom is -0.294 e. The largest absolute Gasteiger partial charge is 0.294 e. The topological polar surface area (TPSA) is 42.9 Å². The van der Waals surface area contributed by atoms with Crippen LogP contribution in [0.15, 0.2) is 53.3 Å². The molecule has 1 heterocycles. The third-order valence-corrected chi connectivity index (χ3v) is 3.76. The van der Waals surface area contributed by atoms with Crippen molar-refractivity contribution in [3.63, 3.8) is 0 Å². The third-order valence-electron chi connectivity index (χ3n) is 3.15. The average Bonchev–Trinajstić information content (AvgIpc) is 2.50. The Bertz CT molecular complexity index is 830. The van der Waals surface area contributed by atoms with Crippen LogP contribution in [0.3, 0.4) is 0 Å². The normalized spacial score (nSPS) is 10.8. The van der Waals surface area contributed by atoms with Gasteiger partial charge in [-0.25, -0.2) is 4.39 Å². The molecular weight excluding hydrogens is 335 g/mol. The number of ketones is 1. The molecule has 0 spiro atoms. The summed E-state index contributed by atoms with van der Waals surface area (Å²) in [5, 5.41) is 0. The molecular formula is C16H10BrFN2O. The molecule has 0 atom stereocenters. The summed E-state index contributed by atoms with van der Waals surface area (Å²) in [6, 6.07) is 9.89. The lowest BCUT2D eigenvalue weighted by Crippen LogP contribution is -2.05. The predicted molar refractivity (Wildman–Crippen MR) is 81.7 cm³/mol. The number of hydrogen-bond acceptors (Lipinski definition) is 3. The van der Waals surface area contributed by atoms with Crippen molar-refractivity contribution in [2.75, 3.05) is 0 Å². The zero-order valence-electron chi connectivity index (χ0n) is 10.9. The molecule has 0 radical (unpaired) electrons. The molecule has 0 fully saturated rings. The van der Waals surface area contributed by atoms with Crippen LogP contribution in [-0.2, 0) is 6.42 Å². The summed E-state index contributed by atoms with van der Waals surface area (Å²) in [5.74, 6) is -0.415. The number of halogens is 2. The second-order valence-electron chi connectivity index (χ2n) is 4.58. The van der Waals surface area contributed by atoms with E-state index in [-0.39, 0.29) is 18.0 Å². The summed E-state index contributed by atoms with van der Waals surface area (Å²) >= 11 is 3.12. The van der Waals surface area contributed by atoms with E-state index < -0.39 is 0 Å². The van der Waals surface area contributed by atoms with Crippen LogP contribution in [0.1, 0.15) is 15.9 Å². The molecule has 0 aliphatic rings. The molecule has 0 N–H and O–H groups in total. The zero-order valence-corrected chi connectivity index (χ0v) is 12.5. The van der Waals surface area contributed by atoms with Gasteiger partial charge < -0.3 is 0 Å². The predicted octanol–water partition coefficient (Wildman–Crippen LogP) is 3.96. The number of hydrogen-bond donors (Lipinski definition) is 0. The molecule has 104 valence electrons. The Balaban J connectivity index is 1.95. The molecule has 1 aromatic heterocycles. The number of carbonyl (C=O) groups is 1. The fraction of sp³-hybridized carbons (Fsp3) is 0.0625. The maximum atomic E-state index is 13.2. The minimum absolute atomic E-state index is 0.0698. The van der Waals surface area contributed by atoms with Gasteiger partial charge in [0.25, 0.3) is 0 Å². The smallest absolute Gasteiger partial charge is 0.169 e. The van der Waals surface area contributed by atoms with Gasteiger partial charge >= 0.3 is 0 Å². The number of Topliss-reactive ketones (excluding diaryl/α,β-unsaturated/α-hetero) is 1. The van der Waals surface area contributed by atoms with Crippen molar-refractivity contribution >= 4 is 32.7 Å². The van der Waals surface area contributed by atoms with Gasteiger partial charge in [-0.1, -0.05) is 12.1 Å². The number of aromatic nitrogens is 2. The van der Waals surface area contributed by atoms with Gasteiger partial charge in [0, 0.05) is 24.4 Å². The van der Waals surface area contributed by atoms with Crippen molar-refractivity contribution in [1.82, 2.24) is 9.97 Å². The van der Waals surface area contributed by atoms with Crippen molar-refractivity contribution < 1.29 is 9.18 Å². The van der Waals surface area contributed by atoms with Crippen molar-refractivity contribution in [1.29, 1.82) is 0 Å². The number of para-hydroxylation sites is 1. The van der Waals surface area contributed by atoms with E-state index in [1.165, 1.54) is 6.07 Å². The Hall–Kier alpha value is -2.14. The van der Waals surface area contributed by atoms with Crippen molar-refractivity contribution in [2.24, 2.45) is 0 Å². The van der Waals surface area contributed by atoms with Gasteiger partial charge in [0.1, 0.15) is 5.82 Å². The summed E-state index contributed by atoms with van der Waals surface area (Å²) in [7, 11) is 0. The molecule has 0 bridgehead atoms. The fourth-order valence-electron chi connectivity index (χ4n) is 2.15. The number of benzene rings is 2. The monoisotopic (exact) mass is 344 g/mol. The quantitative estimate of drug-likeness (QED) is 0.675. The molecule has 0 amide bonds. The van der Waals surface area contributed by atoms with Gasteiger partial charge in [0.15, 0.2) is 5.78 Å². The highest BCUT2D eigenvalue weighted by atomic mass is 79.9. The second kappa shape index (κ2) is 5.69. The second-order valence-corrected chi connectivity index (χ2v) is 5.43. The maximum Gasteiger partial charge on any atom is 0.169 e. The van der Waals surface area contributed by atoms with E-state index in [1.54, 1.807) is 36.7 Å². The van der Waals surface area contributed by atoms with E-state index in [9.17, 15) is 9.18 Å². The van der Waals surface area contributed by atoms with Gasteiger partial charge in [0.05, 0.1) is 15.5 Å². The summed E-state index contributed by atoms with van der Waals surface area (Å²) in [4.78, 5) is 20.9. The summed E-state index contributed by atoms with van der Waals surface area (Å²) in [6.07, 6.45) is 3.34. The highest BCUT2D eigenvalue weighted by molar-refractivity contribution is 9.10. The summed E-state index contributed by atoms with van der Waals surface area (Å²) < 4.78 is 13.6. The van der Waals surface area contributed by atoms with E-state index in [4.69, 9.17) is 0 Å². The van der Waals surface area contributed by atoms with Crippen LogP contribution in [0.4, 0.5) is 4.39 Å². The Morgan fingerprint density at radius 1 is 1.14 bits per heavy atom. The van der Waals surface area contributed by atoms with Gasteiger partial charge in [-0.2, -0.15) is 0 Å². The van der Waals surface area contributed by atoms with Gasteiger partial charge in [0.2, 0.25) is 0 Å². The Morgan fingerprint density at radius 3 is 2.76 bits per heavy atom. The van der Waals surface area contributed by atoms with Crippen molar-refractivity contribution in [3.8, 4) is 0 Å². The van der Waals surface area contributed by atoms with Crippen molar-refractivity contribution in [3.05, 3.63) is 70.2 Å². The molecule has 0 unspecified atom stereocenters. The van der Waals surface area contributed by atoms with Crippen LogP contribution in [0, 0.1) is 5.82 Å². The number of fused-ring (bicyclic) bond motifs is 1. The highest BCUT2D eigenvalue weighted by Crippen LogP contribution is 2.20. The third kappa shape index (κ3) is 2.83. The van der Waals surface area contributed by atoms with Gasteiger partial charge in [-0.3, -0.25) is 14.8 Å². The lowest BCUT2D eigenvalue weighted by atomic mass is 10.0. The fourth-order valence-corrected chi connectivity index (χ4v) is 2.57. The number of carbonyl (C=O) groups excluding carboxylic acids is 1. The zero-order chi connectivity index (χ0) is 14.8. The van der Waals surface area contributed by atoms with Gasteiger partial charge in [-0.05, 0) is 45.8 Å². The molecule has 5 heteroatoms. The molecule has 3 aromatic rings. The highest BCUT2D eigenvalue weighted by Gasteiger charge is 2.13. The Labute approximate surface area is 129 Å². The first-order valence-electron chi connectivity index (χ1n) is 6.32. The molecule has 0 aliphatic carbocycles. The SMILES string of the molecule is O=C(Cc1ccc(F)c(Br)c1)c1cccc2nccnc12. The van der Waals surface area contributed by atoms with E-state index in [0.717, 1.165) is 5.56 Å². The lowest BCUT2D eigenvalue weighted by molar-refractivity contribution is 0.0994. The number of nitrogens with zero attached hydrogens (tertiary/aromatic N) is 2. The summed E-state index contributed by atoms with van der Waals surface area (Å²) in [5.41, 5.74) is 2.55. The van der Waals surface area contributed by atoms with E-state index in [0.29, 0.717) is 21.1 Å². The summed E-state index contributed by atoms with van der Waals surface area (Å²) in [6.45, 7) is 0. The lowest BCUT2D eigenvalue weighted by Gasteiger charge is -2.05. The molecule has 2 aromatic carbocycles. The van der Waals surface area contributed by atoms with E-state index >= 15 is 0 Å². The van der Waals surface area contributed by atoms with Gasteiger partial charge in [-0.15, -0.1) is 0 Å². The maximum absolute atomic E-state index is 13.2. The van der Waals surface area contributed by atoms with E-state index in [1.807, 2.05) is 6.07 Å². The first-order valence-corrected chi connectivity index (χ1v) is 7.11. The van der Waals surface area contributed by atoms with Crippen LogP contribution in [0.25, 0.3) is 11.0 Å². The van der Waals surface area contributed by atoms with Crippen LogP contribution in [0.2, 0.25) is 0 Å². The van der Waals surface area contributed by atoms with Crippen molar-refractivity contribution in [2.45, 2.75) is 6.42 Å². The molecule has 21 heavy (non-hydrogen) atoms. The first-order chi connectivity index (χ1) is 10.1. The molecule has 0 saturated carbocycles. The van der Waals surface area contributed by atoms with E-state index in [2.05, 4.69) is 25.9 Å². The van der Waals surface area contributed by atoms with Crippen LogP contribution < -0.4 is 0 Å². The van der Waals surface area contributed by atoms with Crippen LogP contribution >= 0.6 is 15.9 Å². The molecule has 0 aliphatic heterocycles. The Kier molecular flexibility index (Phi) is 3.75. The molecule has 3 nitrogen and oxygen atoms in total. The first kappa shape index (κ1) is 13.8. The molecule has 0 saturated heterocycles. The standard InChI is InChI=1S/C16H10BrFN2O/c17-12-8-10(4-5-13(12)18)9-15(21)11-2-1-3-14-16(11)20-7-6-19-14/h1-8H,9H2. The molecule has 3 rings (SSSR count). The van der Waals surface area contributed by atoms with Crippen LogP contribution in [-0.4, -0.2) is 15.8 Å². The number of rotatable bonds is 3.